The molecule has 4 N–H and O–H groups in total. The minimum Gasteiger partial charge on any atom is -0.368 e. The number of urea groups is 1. The van der Waals surface area contributed by atoms with Gasteiger partial charge < -0.3 is 16.4 Å². The number of amides is 3. The number of aryl methyl sites for hydroxylation is 1. The Balaban J connectivity index is 1.54. The largest absolute Gasteiger partial charge is 0.368 e. The average molecular weight is 367 g/mol. The first-order chi connectivity index (χ1) is 12.9. The summed E-state index contributed by atoms with van der Waals surface area (Å²) < 4.78 is 0. The predicted octanol–water partition coefficient (Wildman–Crippen LogP) is 1.87. The fraction of sp³-hybridized carbons (Fsp3) is 0.389. The summed E-state index contributed by atoms with van der Waals surface area (Å²) in [5.41, 5.74) is 6.98. The Labute approximate surface area is 156 Å². The van der Waals surface area contributed by atoms with E-state index < -0.39 is 11.6 Å². The molecule has 140 valence electrons. The molecule has 9 heteroatoms. The van der Waals surface area contributed by atoms with Crippen molar-refractivity contribution < 1.29 is 9.59 Å². The van der Waals surface area contributed by atoms with Gasteiger partial charge >= 0.3 is 6.03 Å². The molecule has 1 saturated carbocycles. The summed E-state index contributed by atoms with van der Waals surface area (Å²) in [5.74, 6) is 0.342. The van der Waals surface area contributed by atoms with Crippen molar-refractivity contribution in [2.45, 2.75) is 44.7 Å². The zero-order chi connectivity index (χ0) is 19.0. The molecule has 1 saturated heterocycles. The molecule has 1 aliphatic heterocycles. The number of aromatic nitrogens is 3. The SMILES string of the molecule is Cc1ccc(Nc2nc(N)nc(CN3C(=O)NC4(CCCC4)C3=O)n2)cc1. The highest BCUT2D eigenvalue weighted by Gasteiger charge is 2.52. The lowest BCUT2D eigenvalue weighted by Crippen LogP contribution is -2.44. The number of imide groups is 1. The van der Waals surface area contributed by atoms with Gasteiger partial charge in [-0.25, -0.2) is 4.79 Å². The van der Waals surface area contributed by atoms with Gasteiger partial charge in [-0.1, -0.05) is 30.5 Å². The van der Waals surface area contributed by atoms with Crippen molar-refractivity contribution in [3.05, 3.63) is 35.7 Å². The smallest absolute Gasteiger partial charge is 0.325 e. The molecule has 1 aromatic carbocycles. The van der Waals surface area contributed by atoms with Crippen LogP contribution in [0.4, 0.5) is 22.4 Å². The van der Waals surface area contributed by atoms with E-state index in [1.165, 1.54) is 0 Å². The Morgan fingerprint density at radius 2 is 1.85 bits per heavy atom. The normalized spacial score (nSPS) is 18.2. The van der Waals surface area contributed by atoms with Crippen LogP contribution in [0.1, 0.15) is 37.1 Å². The van der Waals surface area contributed by atoms with Gasteiger partial charge in [-0.2, -0.15) is 15.0 Å². The number of hydrogen-bond donors (Lipinski definition) is 3. The van der Waals surface area contributed by atoms with Gasteiger partial charge in [0.15, 0.2) is 5.82 Å². The first kappa shape index (κ1) is 17.2. The van der Waals surface area contributed by atoms with Gasteiger partial charge in [0.05, 0.1) is 6.54 Å². The van der Waals surface area contributed by atoms with Crippen LogP contribution in [0, 0.1) is 6.92 Å². The molecule has 0 atom stereocenters. The number of nitrogens with one attached hydrogen (secondary N) is 2. The number of nitrogens with zero attached hydrogens (tertiary/aromatic N) is 4. The highest BCUT2D eigenvalue weighted by molar-refractivity contribution is 6.07. The fourth-order valence-corrected chi connectivity index (χ4v) is 3.61. The summed E-state index contributed by atoms with van der Waals surface area (Å²) in [4.78, 5) is 38.7. The van der Waals surface area contributed by atoms with Gasteiger partial charge in [0, 0.05) is 5.69 Å². The van der Waals surface area contributed by atoms with Crippen molar-refractivity contribution in [1.82, 2.24) is 25.2 Å². The van der Waals surface area contributed by atoms with Crippen molar-refractivity contribution >= 4 is 29.5 Å². The van der Waals surface area contributed by atoms with E-state index in [0.717, 1.165) is 29.0 Å². The van der Waals surface area contributed by atoms with Crippen LogP contribution in [-0.2, 0) is 11.3 Å². The minimum absolute atomic E-state index is 0.0252. The molecule has 2 heterocycles. The summed E-state index contributed by atoms with van der Waals surface area (Å²) in [6.45, 7) is 1.96. The van der Waals surface area contributed by atoms with Crippen molar-refractivity contribution in [2.75, 3.05) is 11.1 Å². The highest BCUT2D eigenvalue weighted by Crippen LogP contribution is 2.35. The highest BCUT2D eigenvalue weighted by atomic mass is 16.2. The molecule has 1 spiro atoms. The summed E-state index contributed by atoms with van der Waals surface area (Å²) in [5, 5.41) is 5.91. The molecular formula is C18H21N7O2. The van der Waals surface area contributed by atoms with Gasteiger partial charge in [-0.15, -0.1) is 0 Å². The Bertz CT molecular complexity index is 891. The van der Waals surface area contributed by atoms with Crippen LogP contribution in [0.15, 0.2) is 24.3 Å². The number of nitrogens with two attached hydrogens (primary N) is 1. The molecule has 2 aliphatic rings. The number of anilines is 3. The van der Waals surface area contributed by atoms with Crippen LogP contribution in [0.5, 0.6) is 0 Å². The summed E-state index contributed by atoms with van der Waals surface area (Å²) in [6.07, 6.45) is 3.22. The van der Waals surface area contributed by atoms with E-state index >= 15 is 0 Å². The molecule has 9 nitrogen and oxygen atoms in total. The first-order valence-electron chi connectivity index (χ1n) is 8.93. The van der Waals surface area contributed by atoms with Crippen molar-refractivity contribution in [2.24, 2.45) is 0 Å². The first-order valence-corrected chi connectivity index (χ1v) is 8.93. The zero-order valence-electron chi connectivity index (χ0n) is 15.0. The van der Waals surface area contributed by atoms with Gasteiger partial charge in [0.2, 0.25) is 11.9 Å². The maximum Gasteiger partial charge on any atom is 0.325 e. The van der Waals surface area contributed by atoms with E-state index in [2.05, 4.69) is 25.6 Å². The van der Waals surface area contributed by atoms with Crippen LogP contribution >= 0.6 is 0 Å². The number of hydrogen-bond acceptors (Lipinski definition) is 7. The Morgan fingerprint density at radius 3 is 2.56 bits per heavy atom. The van der Waals surface area contributed by atoms with E-state index in [1.54, 1.807) is 0 Å². The average Bonchev–Trinajstić information content (AvgIpc) is 3.18. The zero-order valence-corrected chi connectivity index (χ0v) is 15.0. The lowest BCUT2D eigenvalue weighted by Gasteiger charge is -2.19. The number of benzene rings is 1. The number of nitrogen functional groups attached to an aromatic ring is 1. The number of carbonyl (C=O) groups excluding carboxylic acids is 2. The Morgan fingerprint density at radius 1 is 1.15 bits per heavy atom. The molecule has 0 radical (unpaired) electrons. The van der Waals surface area contributed by atoms with Crippen LogP contribution in [0.2, 0.25) is 0 Å². The molecule has 1 aromatic heterocycles. The molecule has 27 heavy (non-hydrogen) atoms. The second-order valence-electron chi connectivity index (χ2n) is 7.04. The Kier molecular flexibility index (Phi) is 4.14. The van der Waals surface area contributed by atoms with Gasteiger partial charge in [0.25, 0.3) is 5.91 Å². The minimum atomic E-state index is -0.751. The maximum absolute atomic E-state index is 12.8. The lowest BCUT2D eigenvalue weighted by atomic mass is 9.98. The molecule has 4 rings (SSSR count). The topological polar surface area (TPSA) is 126 Å². The monoisotopic (exact) mass is 367 g/mol. The van der Waals surface area contributed by atoms with E-state index in [0.29, 0.717) is 12.8 Å². The van der Waals surface area contributed by atoms with Crippen molar-refractivity contribution in [3.8, 4) is 0 Å². The molecule has 3 amide bonds. The molecule has 2 fully saturated rings. The van der Waals surface area contributed by atoms with E-state index in [1.807, 2.05) is 31.2 Å². The van der Waals surface area contributed by atoms with Gasteiger partial charge in [-0.05, 0) is 31.9 Å². The maximum atomic E-state index is 12.8. The molecular weight excluding hydrogens is 346 g/mol. The molecule has 2 aromatic rings. The van der Waals surface area contributed by atoms with Gasteiger partial charge in [0.1, 0.15) is 5.54 Å². The molecule has 0 bridgehead atoms. The van der Waals surface area contributed by atoms with Crippen LogP contribution in [0.3, 0.4) is 0 Å². The van der Waals surface area contributed by atoms with E-state index in [-0.39, 0.29) is 30.2 Å². The lowest BCUT2D eigenvalue weighted by molar-refractivity contribution is -0.131. The third-order valence-electron chi connectivity index (χ3n) is 5.01. The molecule has 0 unspecified atom stereocenters. The predicted molar refractivity (Wildman–Crippen MR) is 99.0 cm³/mol. The number of rotatable bonds is 4. The Hall–Kier alpha value is -3.23. The fourth-order valence-electron chi connectivity index (χ4n) is 3.61. The van der Waals surface area contributed by atoms with Crippen LogP contribution in [0.25, 0.3) is 0 Å². The third kappa shape index (κ3) is 3.27. The van der Waals surface area contributed by atoms with E-state index in [9.17, 15) is 9.59 Å². The third-order valence-corrected chi connectivity index (χ3v) is 5.01. The van der Waals surface area contributed by atoms with E-state index in [4.69, 9.17) is 5.73 Å². The van der Waals surface area contributed by atoms with Crippen molar-refractivity contribution in [3.63, 3.8) is 0 Å². The second-order valence-corrected chi connectivity index (χ2v) is 7.04. The van der Waals surface area contributed by atoms with Gasteiger partial charge in [-0.3, -0.25) is 9.69 Å². The summed E-state index contributed by atoms with van der Waals surface area (Å²) in [6, 6.07) is 7.31. The van der Waals surface area contributed by atoms with Crippen LogP contribution in [-0.4, -0.2) is 37.3 Å². The van der Waals surface area contributed by atoms with Crippen molar-refractivity contribution in [1.29, 1.82) is 0 Å². The standard InChI is InChI=1S/C18H21N7O2/c1-11-4-6-12(7-5-11)20-16-22-13(21-15(19)23-16)10-25-14(26)18(24-17(25)27)8-2-3-9-18/h4-7H,2-3,8-10H2,1H3,(H,24,27)(H3,19,20,21,22,23). The van der Waals surface area contributed by atoms with Crippen LogP contribution < -0.4 is 16.4 Å². The quantitative estimate of drug-likeness (QED) is 0.704. The number of carbonyl (C=O) groups is 2. The second kappa shape index (κ2) is 6.49. The molecule has 1 aliphatic carbocycles. The summed E-state index contributed by atoms with van der Waals surface area (Å²) >= 11 is 0. The summed E-state index contributed by atoms with van der Waals surface area (Å²) in [7, 11) is 0.